The molecule has 1 aliphatic rings. The van der Waals surface area contributed by atoms with Crippen LogP contribution in [0.25, 0.3) is 0 Å². The van der Waals surface area contributed by atoms with Crippen molar-refractivity contribution in [1.82, 2.24) is 5.32 Å². The summed E-state index contributed by atoms with van der Waals surface area (Å²) in [7, 11) is -3.94. The van der Waals surface area contributed by atoms with Gasteiger partial charge in [-0.1, -0.05) is 42.0 Å². The molecular weight excluding hydrogens is 456 g/mol. The molecule has 3 aromatic rings. The number of hydrogen-bond acceptors (Lipinski definition) is 3. The van der Waals surface area contributed by atoms with E-state index in [9.17, 15) is 13.2 Å². The van der Waals surface area contributed by atoms with Crippen LogP contribution in [0.5, 0.6) is 0 Å². The fraction of sp³-hybridized carbons (Fsp3) is 0.345. The molecule has 184 valence electrons. The summed E-state index contributed by atoms with van der Waals surface area (Å²) in [5.41, 5.74) is 7.12. The van der Waals surface area contributed by atoms with Gasteiger partial charge in [0.25, 0.3) is 10.0 Å². The van der Waals surface area contributed by atoms with Crippen molar-refractivity contribution < 1.29 is 13.2 Å². The first kappa shape index (κ1) is 25.0. The van der Waals surface area contributed by atoms with Gasteiger partial charge in [0.05, 0.1) is 16.6 Å². The molecule has 0 saturated carbocycles. The number of hydrogen-bond donors (Lipinski definition) is 1. The maximum Gasteiger partial charge on any atom is 0.264 e. The van der Waals surface area contributed by atoms with E-state index in [4.69, 9.17) is 0 Å². The molecule has 1 atom stereocenters. The summed E-state index contributed by atoms with van der Waals surface area (Å²) in [6.07, 6.45) is 4.60. The van der Waals surface area contributed by atoms with Gasteiger partial charge in [-0.05, 0) is 105 Å². The first-order valence-electron chi connectivity index (χ1n) is 12.2. The van der Waals surface area contributed by atoms with E-state index in [1.807, 2.05) is 33.8 Å². The van der Waals surface area contributed by atoms with E-state index < -0.39 is 10.0 Å². The molecule has 0 bridgehead atoms. The lowest BCUT2D eigenvalue weighted by molar-refractivity contribution is -0.120. The average Bonchev–Trinajstić information content (AvgIpc) is 2.81. The molecule has 0 spiro atoms. The van der Waals surface area contributed by atoms with Crippen molar-refractivity contribution >= 4 is 21.6 Å². The van der Waals surface area contributed by atoms with Gasteiger partial charge in [-0.25, -0.2) is 8.42 Å². The van der Waals surface area contributed by atoms with E-state index in [-0.39, 0.29) is 23.4 Å². The molecule has 1 unspecified atom stereocenters. The van der Waals surface area contributed by atoms with Crippen molar-refractivity contribution in [1.29, 1.82) is 0 Å². The third-order valence-corrected chi connectivity index (χ3v) is 8.43. The molecule has 5 nitrogen and oxygen atoms in total. The van der Waals surface area contributed by atoms with Crippen molar-refractivity contribution in [3.8, 4) is 0 Å². The zero-order chi connectivity index (χ0) is 25.2. The second-order valence-electron chi connectivity index (χ2n) is 9.70. The lowest BCUT2D eigenvalue weighted by atomic mass is 9.89. The van der Waals surface area contributed by atoms with Crippen molar-refractivity contribution in [3.05, 3.63) is 94.0 Å². The SMILES string of the molecule is Cc1ccc(S(=O)(=O)N(CC(=O)NC(C)c2ccc3c(c2)CCCC3)c2cc(C)cc(C)c2)cc1. The highest BCUT2D eigenvalue weighted by atomic mass is 32.2. The summed E-state index contributed by atoms with van der Waals surface area (Å²) in [5, 5.41) is 3.02. The predicted molar refractivity (Wildman–Crippen MR) is 141 cm³/mol. The first-order valence-corrected chi connectivity index (χ1v) is 13.7. The van der Waals surface area contributed by atoms with Crippen LogP contribution in [-0.4, -0.2) is 20.9 Å². The van der Waals surface area contributed by atoms with Crippen LogP contribution in [0.4, 0.5) is 5.69 Å². The molecular formula is C29H34N2O3S. The van der Waals surface area contributed by atoms with Crippen LogP contribution in [0, 0.1) is 20.8 Å². The molecule has 1 amide bonds. The van der Waals surface area contributed by atoms with Crippen LogP contribution in [-0.2, 0) is 27.7 Å². The van der Waals surface area contributed by atoms with Gasteiger partial charge >= 0.3 is 0 Å². The molecule has 1 N–H and O–H groups in total. The van der Waals surface area contributed by atoms with Crippen LogP contribution >= 0.6 is 0 Å². The Kier molecular flexibility index (Phi) is 7.31. The lowest BCUT2D eigenvalue weighted by Crippen LogP contribution is -2.41. The van der Waals surface area contributed by atoms with Gasteiger partial charge in [-0.15, -0.1) is 0 Å². The summed E-state index contributed by atoms with van der Waals surface area (Å²) >= 11 is 0. The van der Waals surface area contributed by atoms with Gasteiger partial charge in [0.15, 0.2) is 0 Å². The highest BCUT2D eigenvalue weighted by Gasteiger charge is 2.28. The van der Waals surface area contributed by atoms with Gasteiger partial charge in [-0.2, -0.15) is 0 Å². The number of carbonyl (C=O) groups excluding carboxylic acids is 1. The van der Waals surface area contributed by atoms with Gasteiger partial charge < -0.3 is 5.32 Å². The normalized spacial score (nSPS) is 14.2. The number of benzene rings is 3. The van der Waals surface area contributed by atoms with Crippen LogP contribution in [0.3, 0.4) is 0 Å². The maximum atomic E-state index is 13.7. The molecule has 3 aromatic carbocycles. The standard InChI is InChI=1S/C29H34N2O3S/c1-20-9-13-28(14-10-20)35(33,34)31(27-16-21(2)15-22(3)17-27)19-29(32)30-23(4)25-12-11-24-7-5-6-8-26(24)18-25/h9-18,23H,5-8,19H2,1-4H3,(H,30,32). The monoisotopic (exact) mass is 490 g/mol. The van der Waals surface area contributed by atoms with E-state index in [1.165, 1.54) is 28.3 Å². The fourth-order valence-electron chi connectivity index (χ4n) is 4.77. The number of nitrogens with one attached hydrogen (secondary N) is 1. The number of rotatable bonds is 7. The number of aryl methyl sites for hydroxylation is 5. The minimum absolute atomic E-state index is 0.165. The van der Waals surface area contributed by atoms with Crippen LogP contribution in [0.15, 0.2) is 65.6 Å². The predicted octanol–water partition coefficient (Wildman–Crippen LogP) is 5.56. The molecule has 0 aromatic heterocycles. The molecule has 0 fully saturated rings. The van der Waals surface area contributed by atoms with Gasteiger partial charge in [0.1, 0.15) is 6.54 Å². The summed E-state index contributed by atoms with van der Waals surface area (Å²) in [6, 6.07) is 18.5. The zero-order valence-corrected chi connectivity index (χ0v) is 21.8. The number of amides is 1. The number of nitrogens with zero attached hydrogens (tertiary/aromatic N) is 1. The number of carbonyl (C=O) groups is 1. The molecule has 0 heterocycles. The number of anilines is 1. The Hall–Kier alpha value is -3.12. The first-order chi connectivity index (χ1) is 16.6. The number of sulfonamides is 1. The largest absolute Gasteiger partial charge is 0.348 e. The summed E-state index contributed by atoms with van der Waals surface area (Å²) < 4.78 is 28.5. The highest BCUT2D eigenvalue weighted by Crippen LogP contribution is 2.27. The van der Waals surface area contributed by atoms with Crippen molar-refractivity contribution in [2.45, 2.75) is 64.3 Å². The van der Waals surface area contributed by atoms with E-state index in [1.54, 1.807) is 36.4 Å². The molecule has 0 saturated heterocycles. The van der Waals surface area contributed by atoms with E-state index in [0.717, 1.165) is 35.1 Å². The van der Waals surface area contributed by atoms with Crippen molar-refractivity contribution in [2.75, 3.05) is 10.8 Å². The molecule has 35 heavy (non-hydrogen) atoms. The van der Waals surface area contributed by atoms with Gasteiger partial charge in [-0.3, -0.25) is 9.10 Å². The second-order valence-corrected chi connectivity index (χ2v) is 11.6. The maximum absolute atomic E-state index is 13.7. The second kappa shape index (κ2) is 10.2. The van der Waals surface area contributed by atoms with Crippen LogP contribution < -0.4 is 9.62 Å². The Morgan fingerprint density at radius 2 is 1.49 bits per heavy atom. The lowest BCUT2D eigenvalue weighted by Gasteiger charge is -2.26. The van der Waals surface area contributed by atoms with Crippen LogP contribution in [0.2, 0.25) is 0 Å². The van der Waals surface area contributed by atoms with Gasteiger partial charge in [0.2, 0.25) is 5.91 Å². The average molecular weight is 491 g/mol. The Morgan fingerprint density at radius 3 is 2.14 bits per heavy atom. The molecule has 4 rings (SSSR count). The van der Waals surface area contributed by atoms with Crippen molar-refractivity contribution in [3.63, 3.8) is 0 Å². The Labute approximate surface area is 209 Å². The van der Waals surface area contributed by atoms with E-state index in [2.05, 4.69) is 23.5 Å². The quantitative estimate of drug-likeness (QED) is 0.471. The van der Waals surface area contributed by atoms with Crippen molar-refractivity contribution in [2.24, 2.45) is 0 Å². The van der Waals surface area contributed by atoms with Gasteiger partial charge in [0, 0.05) is 0 Å². The highest BCUT2D eigenvalue weighted by molar-refractivity contribution is 7.92. The topological polar surface area (TPSA) is 66.5 Å². The Bertz CT molecular complexity index is 1310. The third kappa shape index (κ3) is 5.76. The Balaban J connectivity index is 1.60. The third-order valence-electron chi connectivity index (χ3n) is 6.64. The summed E-state index contributed by atoms with van der Waals surface area (Å²) in [5.74, 6) is -0.343. The molecule has 1 aliphatic carbocycles. The zero-order valence-electron chi connectivity index (χ0n) is 21.0. The Morgan fingerprint density at radius 1 is 0.857 bits per heavy atom. The van der Waals surface area contributed by atoms with E-state index in [0.29, 0.717) is 5.69 Å². The van der Waals surface area contributed by atoms with Crippen LogP contribution in [0.1, 0.15) is 59.2 Å². The summed E-state index contributed by atoms with van der Waals surface area (Å²) in [4.78, 5) is 13.3. The summed E-state index contributed by atoms with van der Waals surface area (Å²) in [6.45, 7) is 7.40. The smallest absolute Gasteiger partial charge is 0.264 e. The van der Waals surface area contributed by atoms with E-state index >= 15 is 0 Å². The molecule has 0 radical (unpaired) electrons. The minimum Gasteiger partial charge on any atom is -0.348 e. The molecule has 0 aliphatic heterocycles. The fourth-order valence-corrected chi connectivity index (χ4v) is 6.18. The minimum atomic E-state index is -3.94. The number of fused-ring (bicyclic) bond motifs is 1. The molecule has 6 heteroatoms.